The van der Waals surface area contributed by atoms with Gasteiger partial charge in [0.2, 0.25) is 5.91 Å². The number of carbonyl (C=O) groups is 2. The Balaban J connectivity index is 3.09. The van der Waals surface area contributed by atoms with Crippen LogP contribution in [0, 0.1) is 5.92 Å². The number of nitrogens with zero attached hydrogens (tertiary/aromatic N) is 1. The highest BCUT2D eigenvalue weighted by molar-refractivity contribution is 5.96. The maximum atomic E-state index is 12.8. The van der Waals surface area contributed by atoms with Crippen molar-refractivity contribution in [1.82, 2.24) is 0 Å². The molecule has 0 radical (unpaired) electrons. The van der Waals surface area contributed by atoms with Gasteiger partial charge in [0.25, 0.3) is 0 Å². The van der Waals surface area contributed by atoms with E-state index >= 15 is 0 Å². The molecule has 4 nitrogen and oxygen atoms in total. The van der Waals surface area contributed by atoms with Crippen LogP contribution in [0.1, 0.15) is 52.9 Å². The fraction of sp³-hybridized carbons (Fsp3) is 0.556. The second-order valence-corrected chi connectivity index (χ2v) is 5.77. The molecule has 0 heterocycles. The summed E-state index contributed by atoms with van der Waals surface area (Å²) in [6, 6.07) is 9.70. The van der Waals surface area contributed by atoms with Gasteiger partial charge in [-0.1, -0.05) is 51.8 Å². The lowest BCUT2D eigenvalue weighted by Gasteiger charge is -2.33. The summed E-state index contributed by atoms with van der Waals surface area (Å²) in [5, 5.41) is 8.96. The molecule has 1 atom stereocenters. The first-order valence-electron chi connectivity index (χ1n) is 8.11. The van der Waals surface area contributed by atoms with E-state index in [-0.39, 0.29) is 18.4 Å². The molecular formula is C18H27NO3. The van der Waals surface area contributed by atoms with Crippen molar-refractivity contribution in [2.45, 2.75) is 58.9 Å². The second-order valence-electron chi connectivity index (χ2n) is 5.77. The predicted octanol–water partition coefficient (Wildman–Crippen LogP) is 4.10. The SMILES string of the molecule is CCCC(CCC)N(C(=O)C(C)CC(=O)O)c1ccccc1. The lowest BCUT2D eigenvalue weighted by atomic mass is 9.99. The maximum Gasteiger partial charge on any atom is 0.304 e. The van der Waals surface area contributed by atoms with Gasteiger partial charge < -0.3 is 10.0 Å². The molecule has 0 aliphatic carbocycles. The molecule has 1 N–H and O–H groups in total. The van der Waals surface area contributed by atoms with Crippen LogP contribution < -0.4 is 4.90 Å². The minimum atomic E-state index is -0.934. The molecule has 1 aromatic rings. The summed E-state index contributed by atoms with van der Waals surface area (Å²) < 4.78 is 0. The van der Waals surface area contributed by atoms with E-state index in [1.54, 1.807) is 6.92 Å². The van der Waals surface area contributed by atoms with E-state index in [0.717, 1.165) is 31.4 Å². The van der Waals surface area contributed by atoms with Gasteiger partial charge in [-0.15, -0.1) is 0 Å². The van der Waals surface area contributed by atoms with Crippen LogP contribution in [-0.4, -0.2) is 23.0 Å². The third-order valence-corrected chi connectivity index (χ3v) is 3.78. The highest BCUT2D eigenvalue weighted by Gasteiger charge is 2.28. The molecule has 4 heteroatoms. The Morgan fingerprint density at radius 1 is 1.09 bits per heavy atom. The summed E-state index contributed by atoms with van der Waals surface area (Å²) in [7, 11) is 0. The van der Waals surface area contributed by atoms with Gasteiger partial charge in [0.1, 0.15) is 0 Å². The number of carboxylic acid groups (broad SMARTS) is 1. The van der Waals surface area contributed by atoms with E-state index < -0.39 is 11.9 Å². The minimum Gasteiger partial charge on any atom is -0.481 e. The molecule has 1 unspecified atom stereocenters. The van der Waals surface area contributed by atoms with Crippen molar-refractivity contribution < 1.29 is 14.7 Å². The standard InChI is InChI=1S/C18H27NO3/c1-4-9-15(10-5-2)19(16-11-7-6-8-12-16)18(22)14(3)13-17(20)21/h6-8,11-12,14-15H,4-5,9-10,13H2,1-3H3,(H,20,21). The predicted molar refractivity (Wildman–Crippen MR) is 88.9 cm³/mol. The number of aliphatic carboxylic acids is 1. The molecule has 1 amide bonds. The van der Waals surface area contributed by atoms with Crippen LogP contribution >= 0.6 is 0 Å². The molecule has 1 aromatic carbocycles. The number of carboxylic acids is 1. The number of para-hydroxylation sites is 1. The van der Waals surface area contributed by atoms with Crippen LogP contribution in [0.25, 0.3) is 0 Å². The zero-order valence-corrected chi connectivity index (χ0v) is 13.8. The summed E-state index contributed by atoms with van der Waals surface area (Å²) in [5.74, 6) is -1.55. The van der Waals surface area contributed by atoms with E-state index in [2.05, 4.69) is 13.8 Å². The van der Waals surface area contributed by atoms with Gasteiger partial charge >= 0.3 is 5.97 Å². The van der Waals surface area contributed by atoms with Crippen LogP contribution in [0.15, 0.2) is 30.3 Å². The molecule has 0 aliphatic heterocycles. The highest BCUT2D eigenvalue weighted by Crippen LogP contribution is 2.25. The smallest absolute Gasteiger partial charge is 0.304 e. The largest absolute Gasteiger partial charge is 0.481 e. The van der Waals surface area contributed by atoms with Crippen LogP contribution in [-0.2, 0) is 9.59 Å². The van der Waals surface area contributed by atoms with E-state index in [4.69, 9.17) is 5.11 Å². The van der Waals surface area contributed by atoms with Crippen LogP contribution in [0.5, 0.6) is 0 Å². The van der Waals surface area contributed by atoms with Crippen molar-refractivity contribution in [2.24, 2.45) is 5.92 Å². The number of amides is 1. The Morgan fingerprint density at radius 3 is 2.09 bits per heavy atom. The molecule has 0 saturated carbocycles. The van der Waals surface area contributed by atoms with Crippen molar-refractivity contribution in [1.29, 1.82) is 0 Å². The average Bonchev–Trinajstić information content (AvgIpc) is 2.48. The number of hydrogen-bond acceptors (Lipinski definition) is 2. The fourth-order valence-electron chi connectivity index (χ4n) is 2.76. The number of anilines is 1. The van der Waals surface area contributed by atoms with Crippen LogP contribution in [0.2, 0.25) is 0 Å². The van der Waals surface area contributed by atoms with Gasteiger partial charge in [0, 0.05) is 17.6 Å². The van der Waals surface area contributed by atoms with Gasteiger partial charge in [0.05, 0.1) is 6.42 Å². The Kier molecular flexibility index (Phi) is 7.64. The van der Waals surface area contributed by atoms with Crippen molar-refractivity contribution in [3.63, 3.8) is 0 Å². The van der Waals surface area contributed by atoms with Crippen LogP contribution in [0.3, 0.4) is 0 Å². The summed E-state index contributed by atoms with van der Waals surface area (Å²) in [4.78, 5) is 25.6. The zero-order valence-electron chi connectivity index (χ0n) is 13.8. The molecule has 0 aromatic heterocycles. The molecule has 0 bridgehead atoms. The third kappa shape index (κ3) is 5.17. The third-order valence-electron chi connectivity index (χ3n) is 3.78. The Morgan fingerprint density at radius 2 is 1.64 bits per heavy atom. The Bertz CT molecular complexity index is 466. The fourth-order valence-corrected chi connectivity index (χ4v) is 2.76. The van der Waals surface area contributed by atoms with Gasteiger partial charge in [0.15, 0.2) is 0 Å². The summed E-state index contributed by atoms with van der Waals surface area (Å²) in [6.45, 7) is 5.91. The van der Waals surface area contributed by atoms with E-state index in [9.17, 15) is 9.59 Å². The normalized spacial score (nSPS) is 12.2. The first-order chi connectivity index (χ1) is 10.5. The molecule has 0 aliphatic rings. The summed E-state index contributed by atoms with van der Waals surface area (Å²) >= 11 is 0. The first-order valence-corrected chi connectivity index (χ1v) is 8.11. The lowest BCUT2D eigenvalue weighted by molar-refractivity contribution is -0.140. The molecule has 0 saturated heterocycles. The van der Waals surface area contributed by atoms with Gasteiger partial charge in [-0.2, -0.15) is 0 Å². The average molecular weight is 305 g/mol. The van der Waals surface area contributed by atoms with Gasteiger partial charge in [-0.3, -0.25) is 9.59 Å². The number of benzene rings is 1. The topological polar surface area (TPSA) is 57.6 Å². The first kappa shape index (κ1) is 18.2. The molecular weight excluding hydrogens is 278 g/mol. The van der Waals surface area contributed by atoms with Gasteiger partial charge in [-0.05, 0) is 25.0 Å². The maximum absolute atomic E-state index is 12.8. The van der Waals surface area contributed by atoms with Crippen molar-refractivity contribution in [3.05, 3.63) is 30.3 Å². The van der Waals surface area contributed by atoms with E-state index in [1.165, 1.54) is 0 Å². The Labute approximate surface area is 133 Å². The molecule has 22 heavy (non-hydrogen) atoms. The van der Waals surface area contributed by atoms with Crippen LogP contribution in [0.4, 0.5) is 5.69 Å². The molecule has 1 rings (SSSR count). The van der Waals surface area contributed by atoms with Crippen molar-refractivity contribution in [2.75, 3.05) is 4.90 Å². The summed E-state index contributed by atoms with van der Waals surface area (Å²) in [6.07, 6.45) is 3.71. The number of rotatable bonds is 9. The van der Waals surface area contributed by atoms with Crippen molar-refractivity contribution in [3.8, 4) is 0 Å². The van der Waals surface area contributed by atoms with Gasteiger partial charge in [-0.25, -0.2) is 0 Å². The highest BCUT2D eigenvalue weighted by atomic mass is 16.4. The van der Waals surface area contributed by atoms with Crippen molar-refractivity contribution >= 4 is 17.6 Å². The zero-order chi connectivity index (χ0) is 16.5. The summed E-state index contributed by atoms with van der Waals surface area (Å²) in [5.41, 5.74) is 0.858. The molecule has 122 valence electrons. The molecule has 0 fully saturated rings. The minimum absolute atomic E-state index is 0.0968. The number of hydrogen-bond donors (Lipinski definition) is 1. The monoisotopic (exact) mass is 305 g/mol. The van der Waals surface area contributed by atoms with E-state index in [0.29, 0.717) is 0 Å². The lowest BCUT2D eigenvalue weighted by Crippen LogP contribution is -2.43. The quantitative estimate of drug-likeness (QED) is 0.747. The second kappa shape index (κ2) is 9.23. The molecule has 0 spiro atoms. The Hall–Kier alpha value is -1.84. The van der Waals surface area contributed by atoms with E-state index in [1.807, 2.05) is 35.2 Å². The number of carbonyl (C=O) groups excluding carboxylic acids is 1.